The third kappa shape index (κ3) is 5.89. The number of nitrogens with zero attached hydrogens (tertiary/aromatic N) is 3. The third-order valence-electron chi connectivity index (χ3n) is 3.67. The van der Waals surface area contributed by atoms with E-state index in [4.69, 9.17) is 9.47 Å². The molecule has 1 aromatic carbocycles. The van der Waals surface area contributed by atoms with Gasteiger partial charge >= 0.3 is 0 Å². The van der Waals surface area contributed by atoms with Crippen molar-refractivity contribution in [3.05, 3.63) is 47.5 Å². The molecule has 0 unspecified atom stereocenters. The first-order chi connectivity index (χ1) is 12.5. The molecule has 1 amide bonds. The molecule has 7 nitrogen and oxygen atoms in total. The topological polar surface area (TPSA) is 78.3 Å². The monoisotopic (exact) mass is 364 g/mol. The summed E-state index contributed by atoms with van der Waals surface area (Å²) in [5.41, 5.74) is 0.748. The van der Waals surface area contributed by atoms with Gasteiger partial charge < -0.3 is 14.8 Å². The fraction of sp³-hybridized carbons (Fsp3) is 0.500. The molecular weight excluding hydrogens is 339 g/mol. The average Bonchev–Trinajstić information content (AvgIpc) is 3.06. The normalized spacial score (nSPS) is 12.3. The van der Waals surface area contributed by atoms with E-state index in [0.717, 1.165) is 0 Å². The van der Waals surface area contributed by atoms with Crippen LogP contribution in [0.25, 0.3) is 0 Å². The molecule has 0 spiro atoms. The van der Waals surface area contributed by atoms with Gasteiger partial charge in [-0.3, -0.25) is 4.79 Å². The van der Waals surface area contributed by atoms with Gasteiger partial charge in [-0.25, -0.2) is 9.07 Å². The van der Waals surface area contributed by atoms with Crippen molar-refractivity contribution in [2.75, 3.05) is 13.2 Å². The molecule has 0 aliphatic carbocycles. The van der Waals surface area contributed by atoms with Crippen molar-refractivity contribution < 1.29 is 18.7 Å². The molecule has 0 radical (unpaired) electrons. The van der Waals surface area contributed by atoms with Crippen LogP contribution in [-0.4, -0.2) is 46.4 Å². The Hall–Kier alpha value is -2.32. The van der Waals surface area contributed by atoms with Gasteiger partial charge in [-0.1, -0.05) is 23.4 Å². The minimum Gasteiger partial charge on any atom is -0.351 e. The highest BCUT2D eigenvalue weighted by molar-refractivity contribution is 5.92. The highest BCUT2D eigenvalue weighted by Gasteiger charge is 2.17. The van der Waals surface area contributed by atoms with Crippen LogP contribution >= 0.6 is 0 Å². The molecule has 0 saturated heterocycles. The molecular formula is C18H25FN4O3. The highest BCUT2D eigenvalue weighted by atomic mass is 19.1. The zero-order chi connectivity index (χ0) is 18.9. The number of nitrogens with one attached hydrogen (secondary N) is 1. The van der Waals surface area contributed by atoms with Crippen LogP contribution < -0.4 is 5.32 Å². The summed E-state index contributed by atoms with van der Waals surface area (Å²) < 4.78 is 26.1. The van der Waals surface area contributed by atoms with E-state index < -0.39 is 6.29 Å². The number of hydrogen-bond acceptors (Lipinski definition) is 5. The Labute approximate surface area is 152 Å². The SMILES string of the molecule is CCOC(Cn1cc(C(=O)N[C@H](C)Cc2ccccc2F)nn1)OCC. The molecule has 2 rings (SSSR count). The van der Waals surface area contributed by atoms with E-state index in [2.05, 4.69) is 15.6 Å². The van der Waals surface area contributed by atoms with Crippen LogP contribution in [-0.2, 0) is 22.4 Å². The van der Waals surface area contributed by atoms with E-state index >= 15 is 0 Å². The van der Waals surface area contributed by atoms with Gasteiger partial charge in [0, 0.05) is 19.3 Å². The molecule has 1 N–H and O–H groups in total. The van der Waals surface area contributed by atoms with Crippen molar-refractivity contribution in [3.8, 4) is 0 Å². The van der Waals surface area contributed by atoms with Gasteiger partial charge in [0.2, 0.25) is 0 Å². The van der Waals surface area contributed by atoms with Crippen molar-refractivity contribution in [1.29, 1.82) is 0 Å². The number of benzene rings is 1. The van der Waals surface area contributed by atoms with Gasteiger partial charge in [0.1, 0.15) is 5.82 Å². The van der Waals surface area contributed by atoms with Crippen LogP contribution in [0.2, 0.25) is 0 Å². The van der Waals surface area contributed by atoms with E-state index in [-0.39, 0.29) is 23.5 Å². The molecule has 0 aliphatic heterocycles. The van der Waals surface area contributed by atoms with Gasteiger partial charge in [-0.15, -0.1) is 5.10 Å². The molecule has 0 saturated carbocycles. The number of halogens is 1. The average molecular weight is 364 g/mol. The zero-order valence-corrected chi connectivity index (χ0v) is 15.3. The van der Waals surface area contributed by atoms with Crippen LogP contribution in [0.15, 0.2) is 30.5 Å². The maximum atomic E-state index is 13.7. The molecule has 0 bridgehead atoms. The largest absolute Gasteiger partial charge is 0.351 e. The Morgan fingerprint density at radius 1 is 1.27 bits per heavy atom. The van der Waals surface area contributed by atoms with Crippen LogP contribution in [0.3, 0.4) is 0 Å². The van der Waals surface area contributed by atoms with Crippen LogP contribution in [0.1, 0.15) is 36.8 Å². The van der Waals surface area contributed by atoms with Gasteiger partial charge in [-0.05, 0) is 38.8 Å². The standard InChI is InChI=1S/C18H25FN4O3/c1-4-25-17(26-5-2)12-23-11-16(21-22-23)18(24)20-13(3)10-14-8-6-7-9-15(14)19/h6-9,11,13,17H,4-5,10,12H2,1-3H3,(H,20,24)/t13-/m1/s1. The lowest BCUT2D eigenvalue weighted by molar-refractivity contribution is -0.145. The molecule has 0 fully saturated rings. The Morgan fingerprint density at radius 2 is 1.96 bits per heavy atom. The number of ether oxygens (including phenoxy) is 2. The van der Waals surface area contributed by atoms with Gasteiger partial charge in [-0.2, -0.15) is 0 Å². The van der Waals surface area contributed by atoms with E-state index in [1.165, 1.54) is 16.9 Å². The van der Waals surface area contributed by atoms with E-state index in [0.29, 0.717) is 31.7 Å². The van der Waals surface area contributed by atoms with Crippen molar-refractivity contribution in [3.63, 3.8) is 0 Å². The van der Waals surface area contributed by atoms with Crippen molar-refractivity contribution in [2.24, 2.45) is 0 Å². The predicted octanol–water partition coefficient (Wildman–Crippen LogP) is 2.18. The maximum absolute atomic E-state index is 13.7. The van der Waals surface area contributed by atoms with Crippen molar-refractivity contribution >= 4 is 5.91 Å². The Kier molecular flexibility index (Phi) is 7.68. The second-order valence-corrected chi connectivity index (χ2v) is 5.84. The summed E-state index contributed by atoms with van der Waals surface area (Å²) in [4.78, 5) is 12.3. The first kappa shape index (κ1) is 20.0. The Morgan fingerprint density at radius 3 is 2.62 bits per heavy atom. The van der Waals surface area contributed by atoms with Gasteiger partial charge in [0.25, 0.3) is 5.91 Å². The smallest absolute Gasteiger partial charge is 0.273 e. The van der Waals surface area contributed by atoms with Crippen molar-refractivity contribution in [2.45, 2.75) is 46.1 Å². The zero-order valence-electron chi connectivity index (χ0n) is 15.3. The highest BCUT2D eigenvalue weighted by Crippen LogP contribution is 2.09. The summed E-state index contributed by atoms with van der Waals surface area (Å²) in [6.45, 7) is 6.94. The molecule has 8 heteroatoms. The molecule has 1 atom stereocenters. The number of carbonyl (C=O) groups excluding carboxylic acids is 1. The predicted molar refractivity (Wildman–Crippen MR) is 94.1 cm³/mol. The molecule has 2 aromatic rings. The lowest BCUT2D eigenvalue weighted by atomic mass is 10.1. The fourth-order valence-electron chi connectivity index (χ4n) is 2.51. The first-order valence-electron chi connectivity index (χ1n) is 8.71. The molecule has 0 aliphatic rings. The summed E-state index contributed by atoms with van der Waals surface area (Å²) in [7, 11) is 0. The van der Waals surface area contributed by atoms with Gasteiger partial charge in [0.05, 0.1) is 12.7 Å². The number of aromatic nitrogens is 3. The summed E-state index contributed by atoms with van der Waals surface area (Å²) in [5, 5.41) is 10.6. The first-order valence-corrected chi connectivity index (χ1v) is 8.71. The summed E-state index contributed by atoms with van der Waals surface area (Å²) >= 11 is 0. The van der Waals surface area contributed by atoms with Crippen LogP contribution in [0.5, 0.6) is 0 Å². The van der Waals surface area contributed by atoms with Crippen LogP contribution in [0.4, 0.5) is 4.39 Å². The molecule has 1 aromatic heterocycles. The number of hydrogen-bond donors (Lipinski definition) is 1. The lowest BCUT2D eigenvalue weighted by Crippen LogP contribution is -2.34. The minimum absolute atomic E-state index is 0.192. The fourth-order valence-corrected chi connectivity index (χ4v) is 2.51. The lowest BCUT2D eigenvalue weighted by Gasteiger charge is -2.16. The van der Waals surface area contributed by atoms with Crippen molar-refractivity contribution in [1.82, 2.24) is 20.3 Å². The number of rotatable bonds is 10. The van der Waals surface area contributed by atoms with Gasteiger partial charge in [0.15, 0.2) is 12.0 Å². The quantitative estimate of drug-likeness (QED) is 0.654. The molecule has 142 valence electrons. The summed E-state index contributed by atoms with van der Waals surface area (Å²) in [6.07, 6.45) is 1.49. The van der Waals surface area contributed by atoms with E-state index in [9.17, 15) is 9.18 Å². The third-order valence-corrected chi connectivity index (χ3v) is 3.67. The summed E-state index contributed by atoms with van der Waals surface area (Å²) in [5.74, 6) is -0.637. The minimum atomic E-state index is -0.442. The summed E-state index contributed by atoms with van der Waals surface area (Å²) in [6, 6.07) is 6.27. The van der Waals surface area contributed by atoms with Crippen LogP contribution in [0, 0.1) is 5.82 Å². The van der Waals surface area contributed by atoms with E-state index in [1.807, 2.05) is 20.8 Å². The second-order valence-electron chi connectivity index (χ2n) is 5.84. The Balaban J connectivity index is 1.91. The maximum Gasteiger partial charge on any atom is 0.273 e. The second kappa shape index (κ2) is 9.98. The Bertz CT molecular complexity index is 701. The number of carbonyl (C=O) groups is 1. The molecule has 1 heterocycles. The molecule has 26 heavy (non-hydrogen) atoms. The van der Waals surface area contributed by atoms with E-state index in [1.54, 1.807) is 18.2 Å². The number of amides is 1.